The van der Waals surface area contributed by atoms with E-state index in [9.17, 15) is 9.59 Å². The predicted octanol–water partition coefficient (Wildman–Crippen LogP) is 0.931. The molecule has 122 valence electrons. The quantitative estimate of drug-likeness (QED) is 0.689. The van der Waals surface area contributed by atoms with Crippen LogP contribution in [0.3, 0.4) is 0 Å². The second-order valence-corrected chi connectivity index (χ2v) is 5.29. The minimum atomic E-state index is -1.08. The largest absolute Gasteiger partial charge is 0.480 e. The second kappa shape index (κ2) is 8.20. The van der Waals surface area contributed by atoms with Crippen LogP contribution in [-0.2, 0) is 20.7 Å². The molecule has 0 unspecified atom stereocenters. The number of hydrogen-bond donors (Lipinski definition) is 2. The van der Waals surface area contributed by atoms with Gasteiger partial charge in [-0.25, -0.2) is 9.97 Å². The van der Waals surface area contributed by atoms with Gasteiger partial charge in [0.15, 0.2) is 6.79 Å². The van der Waals surface area contributed by atoms with Crippen molar-refractivity contribution in [2.45, 2.75) is 6.42 Å². The van der Waals surface area contributed by atoms with Crippen molar-refractivity contribution in [2.75, 3.05) is 20.4 Å². The molecule has 2 heterocycles. The predicted molar refractivity (Wildman–Crippen MR) is 82.2 cm³/mol. The van der Waals surface area contributed by atoms with Crippen molar-refractivity contribution in [3.05, 3.63) is 29.4 Å². The fourth-order valence-corrected chi connectivity index (χ4v) is 2.44. The van der Waals surface area contributed by atoms with Crippen molar-refractivity contribution in [1.29, 1.82) is 0 Å². The normalized spacial score (nSPS) is 10.3. The Morgan fingerprint density at radius 1 is 1.39 bits per heavy atom. The Morgan fingerprint density at radius 2 is 2.22 bits per heavy atom. The summed E-state index contributed by atoms with van der Waals surface area (Å²) in [5.41, 5.74) is 1.38. The van der Waals surface area contributed by atoms with E-state index in [0.717, 1.165) is 10.6 Å². The van der Waals surface area contributed by atoms with Gasteiger partial charge in [-0.1, -0.05) is 0 Å². The maximum absolute atomic E-state index is 11.6. The van der Waals surface area contributed by atoms with Crippen molar-refractivity contribution in [3.8, 4) is 16.5 Å². The number of carboxylic acid groups (broad SMARTS) is 1. The van der Waals surface area contributed by atoms with Crippen LogP contribution >= 0.6 is 11.3 Å². The number of aromatic nitrogens is 2. The molecular formula is C14H15N3O5S. The van der Waals surface area contributed by atoms with Crippen LogP contribution in [0, 0.1) is 0 Å². The monoisotopic (exact) mass is 337 g/mol. The average molecular weight is 337 g/mol. The first-order chi connectivity index (χ1) is 11.1. The van der Waals surface area contributed by atoms with Crippen molar-refractivity contribution < 1.29 is 24.2 Å². The third-order valence-corrected chi connectivity index (χ3v) is 3.58. The zero-order valence-corrected chi connectivity index (χ0v) is 13.1. The van der Waals surface area contributed by atoms with E-state index in [1.165, 1.54) is 18.4 Å². The van der Waals surface area contributed by atoms with Crippen LogP contribution in [0.4, 0.5) is 0 Å². The van der Waals surface area contributed by atoms with Gasteiger partial charge in [-0.05, 0) is 6.07 Å². The third kappa shape index (κ3) is 5.31. The number of hydrogen-bond acceptors (Lipinski definition) is 7. The first-order valence-electron chi connectivity index (χ1n) is 6.59. The van der Waals surface area contributed by atoms with E-state index in [0.29, 0.717) is 11.6 Å². The van der Waals surface area contributed by atoms with Crippen molar-refractivity contribution in [1.82, 2.24) is 15.3 Å². The molecule has 0 saturated heterocycles. The number of pyridine rings is 1. The number of carboxylic acids is 1. The number of carbonyl (C=O) groups is 2. The molecule has 0 aliphatic heterocycles. The zero-order valence-electron chi connectivity index (χ0n) is 12.3. The minimum Gasteiger partial charge on any atom is -0.480 e. The van der Waals surface area contributed by atoms with E-state index in [1.54, 1.807) is 17.6 Å². The molecule has 0 aromatic carbocycles. The number of nitrogens with one attached hydrogen (secondary N) is 1. The van der Waals surface area contributed by atoms with Gasteiger partial charge in [0, 0.05) is 30.3 Å². The highest BCUT2D eigenvalue weighted by Crippen LogP contribution is 2.24. The standard InChI is InChI=1S/C14H15N3O5S/c1-21-8-22-12-3-2-9(5-16-12)14-17-10(7-23-14)4-11(18)15-6-13(19)20/h2-3,5,7H,4,6,8H2,1H3,(H,15,18)(H,19,20). The van der Waals surface area contributed by atoms with E-state index in [-0.39, 0.29) is 19.1 Å². The fourth-order valence-electron chi connectivity index (χ4n) is 1.63. The van der Waals surface area contributed by atoms with Gasteiger partial charge in [-0.2, -0.15) is 0 Å². The number of amides is 1. The van der Waals surface area contributed by atoms with Crippen LogP contribution in [0.15, 0.2) is 23.7 Å². The average Bonchev–Trinajstić information content (AvgIpc) is 3.00. The number of ether oxygens (including phenoxy) is 2. The Hall–Kier alpha value is -2.52. The minimum absolute atomic E-state index is 0.0340. The summed E-state index contributed by atoms with van der Waals surface area (Å²) in [5.74, 6) is -1.02. The van der Waals surface area contributed by atoms with Crippen LogP contribution in [0.2, 0.25) is 0 Å². The molecule has 2 aromatic heterocycles. The lowest BCUT2D eigenvalue weighted by molar-refractivity contribution is -0.137. The van der Waals surface area contributed by atoms with Crippen LogP contribution in [0.25, 0.3) is 10.6 Å². The van der Waals surface area contributed by atoms with Gasteiger partial charge in [0.2, 0.25) is 11.8 Å². The number of methoxy groups -OCH3 is 1. The Bertz CT molecular complexity index is 671. The molecule has 0 aliphatic rings. The summed E-state index contributed by atoms with van der Waals surface area (Å²) in [6.07, 6.45) is 1.66. The lowest BCUT2D eigenvalue weighted by Crippen LogP contribution is -2.30. The topological polar surface area (TPSA) is 111 Å². The lowest BCUT2D eigenvalue weighted by atomic mass is 10.3. The maximum atomic E-state index is 11.6. The summed E-state index contributed by atoms with van der Waals surface area (Å²) < 4.78 is 9.99. The molecule has 0 aliphatic carbocycles. The first-order valence-corrected chi connectivity index (χ1v) is 7.47. The molecule has 1 amide bonds. The molecule has 2 rings (SSSR count). The van der Waals surface area contributed by atoms with Crippen LogP contribution in [0.5, 0.6) is 5.88 Å². The molecule has 0 bridgehead atoms. The number of carbonyl (C=O) groups excluding carboxylic acids is 1. The highest BCUT2D eigenvalue weighted by Gasteiger charge is 2.10. The molecule has 23 heavy (non-hydrogen) atoms. The van der Waals surface area contributed by atoms with Crippen LogP contribution in [0.1, 0.15) is 5.69 Å². The van der Waals surface area contributed by atoms with Gasteiger partial charge in [0.05, 0.1) is 12.1 Å². The van der Waals surface area contributed by atoms with E-state index in [1.807, 2.05) is 6.07 Å². The summed E-state index contributed by atoms with van der Waals surface area (Å²) in [6, 6.07) is 3.51. The Balaban J connectivity index is 1.95. The third-order valence-electron chi connectivity index (χ3n) is 2.64. The van der Waals surface area contributed by atoms with Crippen molar-refractivity contribution in [2.24, 2.45) is 0 Å². The van der Waals surface area contributed by atoms with Crippen molar-refractivity contribution >= 4 is 23.2 Å². The SMILES string of the molecule is COCOc1ccc(-c2nc(CC(=O)NCC(=O)O)cs2)cn1. The maximum Gasteiger partial charge on any atom is 0.322 e. The van der Waals surface area contributed by atoms with E-state index in [2.05, 4.69) is 15.3 Å². The molecular weight excluding hydrogens is 322 g/mol. The summed E-state index contributed by atoms with van der Waals surface area (Å²) in [7, 11) is 1.53. The van der Waals surface area contributed by atoms with Gasteiger partial charge >= 0.3 is 5.97 Å². The van der Waals surface area contributed by atoms with E-state index >= 15 is 0 Å². The zero-order chi connectivity index (χ0) is 16.7. The molecule has 0 radical (unpaired) electrons. The Morgan fingerprint density at radius 3 is 2.87 bits per heavy atom. The fraction of sp³-hybridized carbons (Fsp3) is 0.286. The van der Waals surface area contributed by atoms with E-state index in [4.69, 9.17) is 14.6 Å². The van der Waals surface area contributed by atoms with Crippen LogP contribution < -0.4 is 10.1 Å². The highest BCUT2D eigenvalue weighted by molar-refractivity contribution is 7.13. The van der Waals surface area contributed by atoms with Crippen LogP contribution in [-0.4, -0.2) is 47.4 Å². The summed E-state index contributed by atoms with van der Waals surface area (Å²) >= 11 is 1.38. The molecule has 2 N–H and O–H groups in total. The highest BCUT2D eigenvalue weighted by atomic mass is 32.1. The number of nitrogens with zero attached hydrogens (tertiary/aromatic N) is 2. The smallest absolute Gasteiger partial charge is 0.322 e. The molecule has 0 saturated carbocycles. The molecule has 2 aromatic rings. The second-order valence-electron chi connectivity index (χ2n) is 4.43. The number of aliphatic carboxylic acids is 1. The molecule has 0 fully saturated rings. The van der Waals surface area contributed by atoms with Gasteiger partial charge < -0.3 is 19.9 Å². The summed E-state index contributed by atoms with van der Waals surface area (Å²) in [5, 5.41) is 13.3. The summed E-state index contributed by atoms with van der Waals surface area (Å²) in [6.45, 7) is -0.276. The van der Waals surface area contributed by atoms with Crippen molar-refractivity contribution in [3.63, 3.8) is 0 Å². The molecule has 0 atom stereocenters. The van der Waals surface area contributed by atoms with Gasteiger partial charge in [0.1, 0.15) is 11.6 Å². The molecule has 0 spiro atoms. The molecule has 9 heteroatoms. The summed E-state index contributed by atoms with van der Waals surface area (Å²) in [4.78, 5) is 30.4. The van der Waals surface area contributed by atoms with Gasteiger partial charge in [0.25, 0.3) is 0 Å². The Kier molecular flexibility index (Phi) is 6.01. The Labute approximate surface area is 136 Å². The van der Waals surface area contributed by atoms with E-state index < -0.39 is 12.5 Å². The first kappa shape index (κ1) is 16.8. The molecule has 8 nitrogen and oxygen atoms in total. The number of thiazole rings is 1. The number of rotatable bonds is 8. The lowest BCUT2D eigenvalue weighted by Gasteiger charge is -2.03. The van der Waals surface area contributed by atoms with Gasteiger partial charge in [-0.15, -0.1) is 11.3 Å². The van der Waals surface area contributed by atoms with Gasteiger partial charge in [-0.3, -0.25) is 9.59 Å².